The summed E-state index contributed by atoms with van der Waals surface area (Å²) in [6.07, 6.45) is -2.35. The van der Waals surface area contributed by atoms with E-state index in [0.29, 0.717) is 5.69 Å². The zero-order valence-corrected chi connectivity index (χ0v) is 8.38. The molecule has 0 radical (unpaired) electrons. The molecule has 0 aliphatic heterocycles. The average molecular weight is 238 g/mol. The van der Waals surface area contributed by atoms with E-state index in [1.165, 1.54) is 0 Å². The number of hydrogen-bond acceptors (Lipinski definition) is 1. The van der Waals surface area contributed by atoms with E-state index in [9.17, 15) is 22.4 Å². The summed E-state index contributed by atoms with van der Waals surface area (Å²) in [5, 5.41) is 1.76. The number of carbonyl (C=O) groups excluding carboxylic acids is 1. The van der Waals surface area contributed by atoms with Crippen LogP contribution in [0.2, 0.25) is 0 Å². The van der Waals surface area contributed by atoms with Crippen molar-refractivity contribution in [1.82, 2.24) is 9.88 Å². The lowest BCUT2D eigenvalue weighted by Crippen LogP contribution is -2.45. The molecule has 0 spiro atoms. The number of aryl methyl sites for hydroxylation is 1. The normalized spacial score (nSPS) is 11.9. The standard InChI is InChI=1S/C9H10F4N2O/c1-15-4-2-3-6(15)5-14-8(16)9(12,13)7(10)11/h2-4,7H,5H2,1H3,(H,14,16). The molecular formula is C9H10F4N2O. The summed E-state index contributed by atoms with van der Waals surface area (Å²) < 4.78 is 50.2. The van der Waals surface area contributed by atoms with Gasteiger partial charge in [0, 0.05) is 18.9 Å². The first-order chi connectivity index (χ1) is 7.35. The Kier molecular flexibility index (Phi) is 3.56. The van der Waals surface area contributed by atoms with Crippen molar-refractivity contribution in [2.24, 2.45) is 7.05 Å². The number of halogens is 4. The van der Waals surface area contributed by atoms with Crippen LogP contribution in [-0.2, 0) is 18.4 Å². The van der Waals surface area contributed by atoms with Gasteiger partial charge >= 0.3 is 12.3 Å². The van der Waals surface area contributed by atoms with Crippen LogP contribution in [0.3, 0.4) is 0 Å². The lowest BCUT2D eigenvalue weighted by molar-refractivity contribution is -0.169. The number of hydrogen-bond donors (Lipinski definition) is 1. The predicted molar refractivity (Wildman–Crippen MR) is 48.2 cm³/mol. The quantitative estimate of drug-likeness (QED) is 0.793. The Morgan fingerprint density at radius 1 is 1.56 bits per heavy atom. The van der Waals surface area contributed by atoms with Gasteiger partial charge in [0.25, 0.3) is 5.91 Å². The van der Waals surface area contributed by atoms with Gasteiger partial charge in [0.05, 0.1) is 6.54 Å². The number of alkyl halides is 4. The van der Waals surface area contributed by atoms with Gasteiger partial charge in [-0.05, 0) is 12.1 Å². The summed E-state index contributed by atoms with van der Waals surface area (Å²) in [4.78, 5) is 10.8. The van der Waals surface area contributed by atoms with Crippen molar-refractivity contribution in [2.75, 3.05) is 0 Å². The maximum Gasteiger partial charge on any atom is 0.383 e. The molecule has 1 aromatic heterocycles. The SMILES string of the molecule is Cn1cccc1CNC(=O)C(F)(F)C(F)F. The Hall–Kier alpha value is -1.53. The largest absolute Gasteiger partial charge is 0.383 e. The third-order valence-electron chi connectivity index (χ3n) is 2.06. The molecule has 7 heteroatoms. The first-order valence-corrected chi connectivity index (χ1v) is 4.40. The van der Waals surface area contributed by atoms with Crippen LogP contribution < -0.4 is 5.32 Å². The van der Waals surface area contributed by atoms with Crippen molar-refractivity contribution in [3.63, 3.8) is 0 Å². The van der Waals surface area contributed by atoms with E-state index in [4.69, 9.17) is 0 Å². The lowest BCUT2D eigenvalue weighted by atomic mass is 10.3. The highest BCUT2D eigenvalue weighted by Crippen LogP contribution is 2.22. The molecule has 1 heterocycles. The molecule has 16 heavy (non-hydrogen) atoms. The second kappa shape index (κ2) is 4.54. The molecular weight excluding hydrogens is 228 g/mol. The molecule has 1 N–H and O–H groups in total. The van der Waals surface area contributed by atoms with E-state index < -0.39 is 18.3 Å². The van der Waals surface area contributed by atoms with Crippen LogP contribution in [0.5, 0.6) is 0 Å². The van der Waals surface area contributed by atoms with Crippen molar-refractivity contribution >= 4 is 5.91 Å². The topological polar surface area (TPSA) is 34.0 Å². The Labute approximate surface area is 89.0 Å². The number of aromatic nitrogens is 1. The summed E-state index contributed by atoms with van der Waals surface area (Å²) in [5.74, 6) is -6.62. The highest BCUT2D eigenvalue weighted by molar-refractivity contribution is 5.83. The number of carbonyl (C=O) groups is 1. The van der Waals surface area contributed by atoms with Crippen molar-refractivity contribution in [2.45, 2.75) is 18.9 Å². The number of nitrogens with zero attached hydrogens (tertiary/aromatic N) is 1. The lowest BCUT2D eigenvalue weighted by Gasteiger charge is -2.14. The second-order valence-electron chi connectivity index (χ2n) is 3.22. The zero-order chi connectivity index (χ0) is 12.3. The van der Waals surface area contributed by atoms with Crippen LogP contribution in [0.25, 0.3) is 0 Å². The molecule has 0 fully saturated rings. The Morgan fingerprint density at radius 2 is 2.19 bits per heavy atom. The van der Waals surface area contributed by atoms with Gasteiger partial charge in [-0.15, -0.1) is 0 Å². The van der Waals surface area contributed by atoms with E-state index in [1.807, 2.05) is 0 Å². The average Bonchev–Trinajstić information content (AvgIpc) is 2.60. The highest BCUT2D eigenvalue weighted by Gasteiger charge is 2.48. The second-order valence-corrected chi connectivity index (χ2v) is 3.22. The fraction of sp³-hybridized carbons (Fsp3) is 0.444. The first kappa shape index (κ1) is 12.5. The van der Waals surface area contributed by atoms with Crippen LogP contribution in [0.4, 0.5) is 17.6 Å². The van der Waals surface area contributed by atoms with E-state index in [0.717, 1.165) is 0 Å². The van der Waals surface area contributed by atoms with Gasteiger partial charge in [-0.1, -0.05) is 0 Å². The molecule has 1 aromatic rings. The van der Waals surface area contributed by atoms with Crippen LogP contribution in [-0.4, -0.2) is 22.8 Å². The van der Waals surface area contributed by atoms with Crippen LogP contribution in [0.1, 0.15) is 5.69 Å². The van der Waals surface area contributed by atoms with Crippen molar-refractivity contribution in [3.05, 3.63) is 24.0 Å². The van der Waals surface area contributed by atoms with Crippen LogP contribution >= 0.6 is 0 Å². The molecule has 0 unspecified atom stereocenters. The maximum absolute atomic E-state index is 12.5. The van der Waals surface area contributed by atoms with Gasteiger partial charge in [0.15, 0.2) is 0 Å². The van der Waals surface area contributed by atoms with Gasteiger partial charge in [0.1, 0.15) is 0 Å². The smallest absolute Gasteiger partial charge is 0.353 e. The zero-order valence-electron chi connectivity index (χ0n) is 8.38. The summed E-state index contributed by atoms with van der Waals surface area (Å²) in [6.45, 7) is -0.218. The molecule has 90 valence electrons. The Balaban J connectivity index is 2.57. The van der Waals surface area contributed by atoms with Crippen LogP contribution in [0.15, 0.2) is 18.3 Å². The minimum Gasteiger partial charge on any atom is -0.353 e. The van der Waals surface area contributed by atoms with Gasteiger partial charge < -0.3 is 9.88 Å². The van der Waals surface area contributed by atoms with E-state index in [2.05, 4.69) is 0 Å². The molecule has 0 aliphatic carbocycles. The van der Waals surface area contributed by atoms with Crippen LogP contribution in [0, 0.1) is 0 Å². The molecule has 0 atom stereocenters. The molecule has 0 bridgehead atoms. The van der Waals surface area contributed by atoms with Gasteiger partial charge in [0.2, 0.25) is 0 Å². The highest BCUT2D eigenvalue weighted by atomic mass is 19.3. The third-order valence-corrected chi connectivity index (χ3v) is 2.06. The molecule has 0 aromatic carbocycles. The molecule has 0 saturated carbocycles. The maximum atomic E-state index is 12.5. The molecule has 1 rings (SSSR count). The number of rotatable bonds is 4. The third kappa shape index (κ3) is 2.53. The summed E-state index contributed by atoms with van der Waals surface area (Å²) in [7, 11) is 1.65. The number of nitrogens with one attached hydrogen (secondary N) is 1. The minimum atomic E-state index is -4.65. The van der Waals surface area contributed by atoms with Crippen molar-refractivity contribution in [3.8, 4) is 0 Å². The van der Waals surface area contributed by atoms with Crippen molar-refractivity contribution < 1.29 is 22.4 Å². The van der Waals surface area contributed by atoms with Crippen molar-refractivity contribution in [1.29, 1.82) is 0 Å². The number of amides is 1. The summed E-state index contributed by atoms with van der Waals surface area (Å²) in [5.41, 5.74) is 0.540. The Morgan fingerprint density at radius 3 is 2.62 bits per heavy atom. The predicted octanol–water partition coefficient (Wildman–Crippen LogP) is 1.54. The fourth-order valence-electron chi connectivity index (χ4n) is 1.07. The van der Waals surface area contributed by atoms with Gasteiger partial charge in [-0.3, -0.25) is 4.79 Å². The van der Waals surface area contributed by atoms with E-state index >= 15 is 0 Å². The molecule has 1 amide bonds. The first-order valence-electron chi connectivity index (χ1n) is 4.40. The monoisotopic (exact) mass is 238 g/mol. The van der Waals surface area contributed by atoms with Gasteiger partial charge in [-0.2, -0.15) is 8.78 Å². The fourth-order valence-corrected chi connectivity index (χ4v) is 1.07. The molecule has 0 aliphatic rings. The molecule has 0 saturated heterocycles. The van der Waals surface area contributed by atoms with E-state index in [-0.39, 0.29) is 6.54 Å². The Bertz CT molecular complexity index is 375. The minimum absolute atomic E-state index is 0.218. The molecule has 3 nitrogen and oxygen atoms in total. The summed E-state index contributed by atoms with van der Waals surface area (Å²) >= 11 is 0. The van der Waals surface area contributed by atoms with Gasteiger partial charge in [-0.25, -0.2) is 8.78 Å². The summed E-state index contributed by atoms with van der Waals surface area (Å²) in [6, 6.07) is 3.23. The van der Waals surface area contributed by atoms with E-state index in [1.54, 1.807) is 35.3 Å².